The number of hydrogen-bond acceptors (Lipinski definition) is 2. The summed E-state index contributed by atoms with van der Waals surface area (Å²) in [5, 5.41) is 9.59. The van der Waals surface area contributed by atoms with E-state index >= 15 is 0 Å². The van der Waals surface area contributed by atoms with Crippen LogP contribution in [-0.2, 0) is 4.79 Å². The van der Waals surface area contributed by atoms with Crippen LogP contribution in [0.2, 0.25) is 0 Å². The molecular weight excluding hydrogens is 238 g/mol. The molecule has 1 aromatic rings. The zero-order valence-corrected chi connectivity index (χ0v) is 11.6. The van der Waals surface area contributed by atoms with Gasteiger partial charge in [0.2, 0.25) is 0 Å². The third-order valence-corrected chi connectivity index (χ3v) is 3.82. The van der Waals surface area contributed by atoms with Gasteiger partial charge in [0.15, 0.2) is 0 Å². The molecule has 0 fully saturated rings. The molecule has 1 N–H and O–H groups in total. The van der Waals surface area contributed by atoms with Crippen LogP contribution >= 0.6 is 0 Å². The van der Waals surface area contributed by atoms with Crippen LogP contribution in [-0.4, -0.2) is 35.6 Å². The summed E-state index contributed by atoms with van der Waals surface area (Å²) in [6.45, 7) is 2.03. The lowest BCUT2D eigenvalue weighted by atomic mass is 9.80. The van der Waals surface area contributed by atoms with Crippen molar-refractivity contribution < 1.29 is 9.90 Å². The van der Waals surface area contributed by atoms with Gasteiger partial charge >= 0.3 is 5.97 Å². The van der Waals surface area contributed by atoms with Crippen LogP contribution in [0.1, 0.15) is 18.9 Å². The number of carboxylic acids is 1. The van der Waals surface area contributed by atoms with E-state index in [1.165, 1.54) is 0 Å². The molecule has 0 amide bonds. The van der Waals surface area contributed by atoms with E-state index in [0.717, 1.165) is 16.7 Å². The van der Waals surface area contributed by atoms with Gasteiger partial charge in [-0.2, -0.15) is 0 Å². The van der Waals surface area contributed by atoms with Gasteiger partial charge < -0.3 is 5.11 Å². The SMILES string of the molecule is CC1=C(c2ccccc2)CC(C(=O)O)(N(C)C)C=C1. The molecule has 0 bridgehead atoms. The standard InChI is InChI=1S/C16H19NO2/c1-12-9-10-16(15(18)19,17(2)3)11-14(12)13-7-5-4-6-8-13/h4-10H,11H2,1-3H3,(H,18,19). The summed E-state index contributed by atoms with van der Waals surface area (Å²) >= 11 is 0. The van der Waals surface area contributed by atoms with Gasteiger partial charge in [0.05, 0.1) is 0 Å². The molecule has 1 aliphatic carbocycles. The number of carboxylic acid groups (broad SMARTS) is 1. The van der Waals surface area contributed by atoms with Crippen molar-refractivity contribution in [1.82, 2.24) is 4.90 Å². The quantitative estimate of drug-likeness (QED) is 0.905. The summed E-state index contributed by atoms with van der Waals surface area (Å²) in [6.07, 6.45) is 4.19. The van der Waals surface area contributed by atoms with Gasteiger partial charge in [0.1, 0.15) is 5.54 Å². The Kier molecular flexibility index (Phi) is 3.58. The molecule has 1 atom stereocenters. The summed E-state index contributed by atoms with van der Waals surface area (Å²) < 4.78 is 0. The normalized spacial score (nSPS) is 22.9. The largest absolute Gasteiger partial charge is 0.480 e. The molecule has 0 spiro atoms. The van der Waals surface area contributed by atoms with Crippen LogP contribution in [0.4, 0.5) is 0 Å². The second kappa shape index (κ2) is 5.02. The molecule has 1 aliphatic rings. The van der Waals surface area contributed by atoms with E-state index in [1.807, 2.05) is 57.4 Å². The Morgan fingerprint density at radius 1 is 1.26 bits per heavy atom. The van der Waals surface area contributed by atoms with E-state index in [-0.39, 0.29) is 0 Å². The first-order valence-corrected chi connectivity index (χ1v) is 6.32. The average Bonchev–Trinajstić information content (AvgIpc) is 2.40. The third-order valence-electron chi connectivity index (χ3n) is 3.82. The van der Waals surface area contributed by atoms with Gasteiger partial charge in [-0.25, -0.2) is 4.79 Å². The molecule has 0 aromatic heterocycles. The molecular formula is C16H19NO2. The van der Waals surface area contributed by atoms with Crippen LogP contribution in [0.3, 0.4) is 0 Å². The summed E-state index contributed by atoms with van der Waals surface area (Å²) in [5.41, 5.74) is 2.37. The molecule has 0 saturated heterocycles. The van der Waals surface area contributed by atoms with E-state index in [9.17, 15) is 9.90 Å². The van der Waals surface area contributed by atoms with Crippen LogP contribution in [0, 0.1) is 0 Å². The van der Waals surface area contributed by atoms with E-state index in [2.05, 4.69) is 0 Å². The predicted molar refractivity (Wildman–Crippen MR) is 76.8 cm³/mol. The second-order valence-electron chi connectivity index (χ2n) is 5.16. The number of rotatable bonds is 3. The summed E-state index contributed by atoms with van der Waals surface area (Å²) in [6, 6.07) is 9.98. The zero-order chi connectivity index (χ0) is 14.0. The van der Waals surface area contributed by atoms with Crippen LogP contribution < -0.4 is 0 Å². The van der Waals surface area contributed by atoms with Gasteiger partial charge in [-0.05, 0) is 37.7 Å². The molecule has 100 valence electrons. The average molecular weight is 257 g/mol. The Morgan fingerprint density at radius 2 is 1.89 bits per heavy atom. The third kappa shape index (κ3) is 2.34. The number of hydrogen-bond donors (Lipinski definition) is 1. The van der Waals surface area contributed by atoms with Crippen molar-refractivity contribution in [2.75, 3.05) is 14.1 Å². The minimum atomic E-state index is -0.954. The van der Waals surface area contributed by atoms with Crippen molar-refractivity contribution in [3.8, 4) is 0 Å². The maximum Gasteiger partial charge on any atom is 0.328 e. The lowest BCUT2D eigenvalue weighted by Crippen LogP contribution is -2.50. The van der Waals surface area contributed by atoms with Crippen molar-refractivity contribution in [2.24, 2.45) is 0 Å². The van der Waals surface area contributed by atoms with Crippen molar-refractivity contribution >= 4 is 11.5 Å². The Morgan fingerprint density at radius 3 is 2.42 bits per heavy atom. The Bertz CT molecular complexity index is 543. The smallest absolute Gasteiger partial charge is 0.328 e. The molecule has 3 nitrogen and oxygen atoms in total. The highest BCUT2D eigenvalue weighted by atomic mass is 16.4. The maximum atomic E-state index is 11.7. The highest BCUT2D eigenvalue weighted by Crippen LogP contribution is 2.36. The fourth-order valence-corrected chi connectivity index (χ4v) is 2.45. The minimum absolute atomic E-state index is 0.488. The lowest BCUT2D eigenvalue weighted by Gasteiger charge is -2.36. The number of allylic oxidation sites excluding steroid dienone is 2. The molecule has 19 heavy (non-hydrogen) atoms. The maximum absolute atomic E-state index is 11.7. The van der Waals surface area contributed by atoms with Gasteiger partial charge in [-0.3, -0.25) is 4.90 Å². The predicted octanol–water partition coefficient (Wildman–Crippen LogP) is 2.81. The van der Waals surface area contributed by atoms with Crippen molar-refractivity contribution in [3.05, 3.63) is 53.6 Å². The number of aliphatic carboxylic acids is 1. The topological polar surface area (TPSA) is 40.5 Å². The molecule has 0 radical (unpaired) electrons. The molecule has 1 aromatic carbocycles. The number of benzene rings is 1. The summed E-state index contributed by atoms with van der Waals surface area (Å²) in [5.74, 6) is -0.810. The van der Waals surface area contributed by atoms with Crippen LogP contribution in [0.25, 0.3) is 5.57 Å². The van der Waals surface area contributed by atoms with Crippen molar-refractivity contribution in [3.63, 3.8) is 0 Å². The van der Waals surface area contributed by atoms with E-state index in [0.29, 0.717) is 6.42 Å². The molecule has 2 rings (SSSR count). The fourth-order valence-electron chi connectivity index (χ4n) is 2.45. The summed E-state index contributed by atoms with van der Waals surface area (Å²) in [4.78, 5) is 13.5. The first kappa shape index (κ1) is 13.6. The van der Waals surface area contributed by atoms with Crippen molar-refractivity contribution in [2.45, 2.75) is 18.9 Å². The number of carbonyl (C=O) groups is 1. The number of nitrogens with zero attached hydrogens (tertiary/aromatic N) is 1. The van der Waals surface area contributed by atoms with Crippen molar-refractivity contribution in [1.29, 1.82) is 0 Å². The first-order chi connectivity index (χ1) is 8.97. The van der Waals surface area contributed by atoms with E-state index in [1.54, 1.807) is 11.0 Å². The Balaban J connectivity index is 2.47. The second-order valence-corrected chi connectivity index (χ2v) is 5.16. The zero-order valence-electron chi connectivity index (χ0n) is 11.6. The molecule has 1 unspecified atom stereocenters. The van der Waals surface area contributed by atoms with Gasteiger partial charge in [-0.1, -0.05) is 42.5 Å². The van der Waals surface area contributed by atoms with Crippen LogP contribution in [0.15, 0.2) is 48.1 Å². The molecule has 0 aliphatic heterocycles. The highest BCUT2D eigenvalue weighted by molar-refractivity contribution is 5.88. The van der Waals surface area contributed by atoms with Gasteiger partial charge in [0, 0.05) is 6.42 Å². The Labute approximate surface area is 113 Å². The molecule has 0 heterocycles. The molecule has 3 heteroatoms. The van der Waals surface area contributed by atoms with Gasteiger partial charge in [-0.15, -0.1) is 0 Å². The lowest BCUT2D eigenvalue weighted by molar-refractivity contribution is -0.146. The Hall–Kier alpha value is -1.87. The van der Waals surface area contributed by atoms with Crippen LogP contribution in [0.5, 0.6) is 0 Å². The van der Waals surface area contributed by atoms with E-state index in [4.69, 9.17) is 0 Å². The number of likely N-dealkylation sites (N-methyl/N-ethyl adjacent to an activating group) is 1. The first-order valence-electron chi connectivity index (χ1n) is 6.32. The highest BCUT2D eigenvalue weighted by Gasteiger charge is 2.41. The molecule has 0 saturated carbocycles. The monoisotopic (exact) mass is 257 g/mol. The van der Waals surface area contributed by atoms with Gasteiger partial charge in [0.25, 0.3) is 0 Å². The fraction of sp³-hybridized carbons (Fsp3) is 0.312. The minimum Gasteiger partial charge on any atom is -0.480 e. The summed E-state index contributed by atoms with van der Waals surface area (Å²) in [7, 11) is 3.61. The van der Waals surface area contributed by atoms with E-state index < -0.39 is 11.5 Å².